The molecule has 3 N–H and O–H groups in total. The van der Waals surface area contributed by atoms with Gasteiger partial charge in [0.1, 0.15) is 0 Å². The van der Waals surface area contributed by atoms with Gasteiger partial charge in [0.15, 0.2) is 6.04 Å². The van der Waals surface area contributed by atoms with Crippen LogP contribution in [0.15, 0.2) is 24.3 Å². The maximum Gasteiger partial charge on any atom is 0.330 e. The van der Waals surface area contributed by atoms with E-state index in [9.17, 15) is 14.7 Å². The van der Waals surface area contributed by atoms with Crippen molar-refractivity contribution in [1.29, 1.82) is 0 Å². The molecule has 2 rings (SSSR count). The summed E-state index contributed by atoms with van der Waals surface area (Å²) in [4.78, 5) is 23.3. The SMILES string of the molecule is O=C(CC1CCNC1)N[C@@H](C(=O)O)c1ccccc1Cl. The number of benzene rings is 1. The molecule has 108 valence electrons. The highest BCUT2D eigenvalue weighted by Crippen LogP contribution is 2.23. The number of halogens is 1. The Morgan fingerprint density at radius 1 is 1.45 bits per heavy atom. The molecule has 0 aliphatic carbocycles. The fourth-order valence-electron chi connectivity index (χ4n) is 2.35. The highest BCUT2D eigenvalue weighted by atomic mass is 35.5. The number of hydrogen-bond acceptors (Lipinski definition) is 3. The van der Waals surface area contributed by atoms with Crippen molar-refractivity contribution in [2.45, 2.75) is 18.9 Å². The number of amides is 1. The first kappa shape index (κ1) is 14.8. The fraction of sp³-hybridized carbons (Fsp3) is 0.429. The molecule has 2 atom stereocenters. The standard InChI is InChI=1S/C14H17ClN2O3/c15-11-4-2-1-3-10(11)13(14(19)20)17-12(18)7-9-5-6-16-8-9/h1-4,9,13,16H,5-8H2,(H,17,18)(H,19,20)/t9?,13-/m1/s1. The lowest BCUT2D eigenvalue weighted by Gasteiger charge is -2.17. The van der Waals surface area contributed by atoms with Crippen molar-refractivity contribution in [3.8, 4) is 0 Å². The van der Waals surface area contributed by atoms with Gasteiger partial charge in [0.25, 0.3) is 0 Å². The molecule has 1 unspecified atom stereocenters. The first-order valence-corrected chi connectivity index (χ1v) is 6.93. The van der Waals surface area contributed by atoms with E-state index >= 15 is 0 Å². The van der Waals surface area contributed by atoms with E-state index in [-0.39, 0.29) is 11.8 Å². The van der Waals surface area contributed by atoms with Crippen LogP contribution in [0.5, 0.6) is 0 Å². The molecule has 1 saturated heterocycles. The zero-order chi connectivity index (χ0) is 14.5. The van der Waals surface area contributed by atoms with Crippen LogP contribution in [-0.4, -0.2) is 30.1 Å². The summed E-state index contributed by atoms with van der Waals surface area (Å²) in [5.74, 6) is -1.10. The van der Waals surface area contributed by atoms with Crippen LogP contribution in [-0.2, 0) is 9.59 Å². The third kappa shape index (κ3) is 3.71. The number of carboxylic acids is 1. The van der Waals surface area contributed by atoms with Crippen LogP contribution in [0.3, 0.4) is 0 Å². The van der Waals surface area contributed by atoms with Gasteiger partial charge < -0.3 is 15.7 Å². The maximum absolute atomic E-state index is 12.0. The van der Waals surface area contributed by atoms with Crippen LogP contribution in [0, 0.1) is 5.92 Å². The molecular weight excluding hydrogens is 280 g/mol. The van der Waals surface area contributed by atoms with Crippen LogP contribution >= 0.6 is 11.6 Å². The van der Waals surface area contributed by atoms with Gasteiger partial charge >= 0.3 is 5.97 Å². The van der Waals surface area contributed by atoms with Crippen LogP contribution in [0.1, 0.15) is 24.4 Å². The Bertz CT molecular complexity index is 501. The number of nitrogens with one attached hydrogen (secondary N) is 2. The Morgan fingerprint density at radius 3 is 2.80 bits per heavy atom. The van der Waals surface area contributed by atoms with Crippen molar-refractivity contribution in [3.63, 3.8) is 0 Å². The molecule has 0 saturated carbocycles. The van der Waals surface area contributed by atoms with Crippen LogP contribution in [0.25, 0.3) is 0 Å². The predicted octanol–water partition coefficient (Wildman–Crippen LogP) is 1.58. The van der Waals surface area contributed by atoms with E-state index in [4.69, 9.17) is 11.6 Å². The largest absolute Gasteiger partial charge is 0.479 e. The first-order chi connectivity index (χ1) is 9.58. The summed E-state index contributed by atoms with van der Waals surface area (Å²) in [5.41, 5.74) is 0.402. The minimum atomic E-state index is -1.11. The third-order valence-electron chi connectivity index (χ3n) is 3.40. The first-order valence-electron chi connectivity index (χ1n) is 6.55. The normalized spacial score (nSPS) is 19.6. The van der Waals surface area contributed by atoms with Gasteiger partial charge in [0, 0.05) is 17.0 Å². The summed E-state index contributed by atoms with van der Waals surface area (Å²) in [6.45, 7) is 1.71. The molecule has 5 nitrogen and oxygen atoms in total. The zero-order valence-corrected chi connectivity index (χ0v) is 11.7. The van der Waals surface area contributed by atoms with Crippen molar-refractivity contribution in [2.75, 3.05) is 13.1 Å². The molecule has 0 aromatic heterocycles. The minimum Gasteiger partial charge on any atom is -0.479 e. The predicted molar refractivity (Wildman–Crippen MR) is 75.6 cm³/mol. The van der Waals surface area contributed by atoms with Gasteiger partial charge in [-0.3, -0.25) is 4.79 Å². The quantitative estimate of drug-likeness (QED) is 0.771. The molecule has 1 aliphatic rings. The van der Waals surface area contributed by atoms with E-state index in [1.165, 1.54) is 0 Å². The Hall–Kier alpha value is -1.59. The zero-order valence-electron chi connectivity index (χ0n) is 10.9. The average Bonchev–Trinajstić information content (AvgIpc) is 2.89. The van der Waals surface area contributed by atoms with Gasteiger partial charge in [0.2, 0.25) is 5.91 Å². The highest BCUT2D eigenvalue weighted by Gasteiger charge is 2.26. The molecule has 0 bridgehead atoms. The molecule has 1 fully saturated rings. The van der Waals surface area contributed by atoms with Crippen molar-refractivity contribution in [3.05, 3.63) is 34.9 Å². The van der Waals surface area contributed by atoms with E-state index in [1.807, 2.05) is 0 Å². The number of rotatable bonds is 5. The fourth-order valence-corrected chi connectivity index (χ4v) is 2.60. The molecule has 1 aliphatic heterocycles. The summed E-state index contributed by atoms with van der Waals surface area (Å²) >= 11 is 5.99. The van der Waals surface area contributed by atoms with E-state index < -0.39 is 12.0 Å². The highest BCUT2D eigenvalue weighted by molar-refractivity contribution is 6.31. The molecule has 1 amide bonds. The smallest absolute Gasteiger partial charge is 0.330 e. The molecule has 0 radical (unpaired) electrons. The van der Waals surface area contributed by atoms with Gasteiger partial charge in [-0.1, -0.05) is 29.8 Å². The van der Waals surface area contributed by atoms with Crippen LogP contribution in [0.2, 0.25) is 5.02 Å². The second-order valence-electron chi connectivity index (χ2n) is 4.92. The Labute approximate surface area is 122 Å². The average molecular weight is 297 g/mol. The van der Waals surface area contributed by atoms with Gasteiger partial charge in [-0.15, -0.1) is 0 Å². The lowest BCUT2D eigenvalue weighted by Crippen LogP contribution is -2.35. The van der Waals surface area contributed by atoms with Crippen molar-refractivity contribution in [2.24, 2.45) is 5.92 Å². The minimum absolute atomic E-state index is 0.258. The van der Waals surface area contributed by atoms with E-state index in [0.29, 0.717) is 17.0 Å². The number of aliphatic carboxylic acids is 1. The Kier molecular flexibility index (Phi) is 4.98. The molecule has 1 aromatic rings. The van der Waals surface area contributed by atoms with Crippen molar-refractivity contribution >= 4 is 23.5 Å². The topological polar surface area (TPSA) is 78.4 Å². The van der Waals surface area contributed by atoms with Gasteiger partial charge in [-0.25, -0.2) is 4.79 Å². The molecule has 1 aromatic carbocycles. The molecule has 6 heteroatoms. The van der Waals surface area contributed by atoms with Crippen LogP contribution in [0.4, 0.5) is 0 Å². The second kappa shape index (κ2) is 6.72. The van der Waals surface area contributed by atoms with Gasteiger partial charge in [-0.2, -0.15) is 0 Å². The monoisotopic (exact) mass is 296 g/mol. The molecule has 0 spiro atoms. The molecular formula is C14H17ClN2O3. The Morgan fingerprint density at radius 2 is 2.20 bits per heavy atom. The summed E-state index contributed by atoms with van der Waals surface area (Å²) < 4.78 is 0. The van der Waals surface area contributed by atoms with E-state index in [2.05, 4.69) is 10.6 Å². The lowest BCUT2D eigenvalue weighted by atomic mass is 10.0. The number of carbonyl (C=O) groups excluding carboxylic acids is 1. The van der Waals surface area contributed by atoms with Gasteiger partial charge in [0.05, 0.1) is 0 Å². The maximum atomic E-state index is 12.0. The number of carbonyl (C=O) groups is 2. The summed E-state index contributed by atoms with van der Waals surface area (Å²) in [6, 6.07) is 5.53. The van der Waals surface area contributed by atoms with E-state index in [1.54, 1.807) is 24.3 Å². The van der Waals surface area contributed by atoms with Crippen molar-refractivity contribution < 1.29 is 14.7 Å². The number of hydrogen-bond donors (Lipinski definition) is 3. The molecule has 20 heavy (non-hydrogen) atoms. The van der Waals surface area contributed by atoms with Crippen molar-refractivity contribution in [1.82, 2.24) is 10.6 Å². The van der Waals surface area contributed by atoms with Gasteiger partial charge in [-0.05, 0) is 31.5 Å². The number of carboxylic acid groups (broad SMARTS) is 1. The second-order valence-corrected chi connectivity index (χ2v) is 5.33. The van der Waals surface area contributed by atoms with Crippen LogP contribution < -0.4 is 10.6 Å². The third-order valence-corrected chi connectivity index (χ3v) is 3.75. The summed E-state index contributed by atoms with van der Waals surface area (Å²) in [5, 5.41) is 15.3. The lowest BCUT2D eigenvalue weighted by molar-refractivity contribution is -0.142. The van der Waals surface area contributed by atoms with E-state index in [0.717, 1.165) is 19.5 Å². The summed E-state index contributed by atoms with van der Waals surface area (Å²) in [7, 11) is 0. The Balaban J connectivity index is 2.04. The molecule has 1 heterocycles. The summed E-state index contributed by atoms with van der Waals surface area (Å²) in [6.07, 6.45) is 1.28.